The van der Waals surface area contributed by atoms with Gasteiger partial charge in [-0.1, -0.05) is 11.6 Å². The Morgan fingerprint density at radius 3 is 2.96 bits per heavy atom. The van der Waals surface area contributed by atoms with Crippen LogP contribution in [0.5, 0.6) is 0 Å². The van der Waals surface area contributed by atoms with E-state index < -0.39 is 0 Å². The van der Waals surface area contributed by atoms with Crippen LogP contribution in [0.15, 0.2) is 23.2 Å². The summed E-state index contributed by atoms with van der Waals surface area (Å²) in [4.78, 5) is 35.4. The molecule has 6 nitrogen and oxygen atoms in total. The number of anilines is 1. The number of nitrogens with zero attached hydrogens (tertiary/aromatic N) is 4. The standard InChI is InChI=1S/C18H21ClN4O2/c1-12-4-2-3-8-21(12)16(24)11-23-15-10-13(19)5-6-14(15)17-20-7-9-22(17)18(23)25/h5-6,10,12H,2-4,7-9,11H2,1H3. The van der Waals surface area contributed by atoms with Gasteiger partial charge in [-0.25, -0.2) is 4.79 Å². The maximum atomic E-state index is 12.9. The second kappa shape index (κ2) is 6.33. The van der Waals surface area contributed by atoms with E-state index in [0.717, 1.165) is 31.4 Å². The van der Waals surface area contributed by atoms with Gasteiger partial charge in [0, 0.05) is 29.7 Å². The maximum Gasteiger partial charge on any atom is 0.330 e. The molecule has 3 aliphatic rings. The molecule has 4 rings (SSSR count). The summed E-state index contributed by atoms with van der Waals surface area (Å²) >= 11 is 6.15. The number of urea groups is 1. The molecule has 0 bridgehead atoms. The number of rotatable bonds is 2. The van der Waals surface area contributed by atoms with Crippen LogP contribution >= 0.6 is 11.6 Å². The zero-order valence-electron chi connectivity index (χ0n) is 14.2. The lowest BCUT2D eigenvalue weighted by atomic mass is 10.0. The molecule has 1 unspecified atom stereocenters. The number of piperidine rings is 1. The number of carbonyl (C=O) groups is 2. The van der Waals surface area contributed by atoms with Crippen molar-refractivity contribution in [2.24, 2.45) is 4.99 Å². The first-order valence-corrected chi connectivity index (χ1v) is 9.17. The number of halogens is 1. The Labute approximate surface area is 152 Å². The number of carbonyl (C=O) groups excluding carboxylic acids is 2. The molecular weight excluding hydrogens is 340 g/mol. The molecule has 0 aliphatic carbocycles. The molecule has 25 heavy (non-hydrogen) atoms. The summed E-state index contributed by atoms with van der Waals surface area (Å²) in [5.41, 5.74) is 1.54. The molecule has 7 heteroatoms. The molecule has 0 radical (unpaired) electrons. The van der Waals surface area contributed by atoms with Gasteiger partial charge in [0.1, 0.15) is 12.4 Å². The van der Waals surface area contributed by atoms with E-state index in [1.54, 1.807) is 21.9 Å². The molecule has 1 saturated heterocycles. The Morgan fingerprint density at radius 1 is 1.32 bits per heavy atom. The van der Waals surface area contributed by atoms with Crippen LogP contribution in [0.1, 0.15) is 31.7 Å². The number of hydrogen-bond donors (Lipinski definition) is 0. The molecule has 1 fully saturated rings. The van der Waals surface area contributed by atoms with Gasteiger partial charge in [-0.2, -0.15) is 0 Å². The third kappa shape index (κ3) is 2.78. The van der Waals surface area contributed by atoms with Crippen molar-refractivity contribution >= 4 is 35.1 Å². The molecule has 0 aromatic heterocycles. The molecule has 0 spiro atoms. The van der Waals surface area contributed by atoms with E-state index in [9.17, 15) is 9.59 Å². The number of hydrogen-bond acceptors (Lipinski definition) is 3. The molecule has 1 atom stereocenters. The summed E-state index contributed by atoms with van der Waals surface area (Å²) in [5, 5.41) is 0.544. The van der Waals surface area contributed by atoms with Crippen molar-refractivity contribution in [1.82, 2.24) is 9.80 Å². The molecule has 3 heterocycles. The summed E-state index contributed by atoms with van der Waals surface area (Å²) < 4.78 is 0. The van der Waals surface area contributed by atoms with Crippen molar-refractivity contribution in [2.75, 3.05) is 31.1 Å². The van der Waals surface area contributed by atoms with E-state index in [2.05, 4.69) is 11.9 Å². The van der Waals surface area contributed by atoms with Crippen molar-refractivity contribution in [1.29, 1.82) is 0 Å². The minimum absolute atomic E-state index is 0.00828. The van der Waals surface area contributed by atoms with E-state index in [0.29, 0.717) is 29.6 Å². The van der Waals surface area contributed by atoms with Crippen molar-refractivity contribution in [3.63, 3.8) is 0 Å². The Morgan fingerprint density at radius 2 is 2.16 bits per heavy atom. The first-order valence-electron chi connectivity index (χ1n) is 8.79. The topological polar surface area (TPSA) is 56.2 Å². The monoisotopic (exact) mass is 360 g/mol. The molecule has 3 amide bonds. The fourth-order valence-electron chi connectivity index (χ4n) is 3.88. The average molecular weight is 361 g/mol. The Bertz CT molecular complexity index is 763. The highest BCUT2D eigenvalue weighted by atomic mass is 35.5. The Hall–Kier alpha value is -2.08. The molecule has 3 aliphatic heterocycles. The molecule has 132 valence electrons. The Kier molecular flexibility index (Phi) is 4.15. The van der Waals surface area contributed by atoms with Gasteiger partial charge in [-0.05, 0) is 44.4 Å². The van der Waals surface area contributed by atoms with E-state index in [-0.39, 0.29) is 24.5 Å². The molecule has 0 N–H and O–H groups in total. The smallest absolute Gasteiger partial charge is 0.330 e. The SMILES string of the molecule is CC1CCCCN1C(=O)CN1C(=O)N2CCN=C2c2ccc(Cl)cc21. The van der Waals surface area contributed by atoms with Crippen LogP contribution in [-0.4, -0.2) is 59.8 Å². The highest BCUT2D eigenvalue weighted by Gasteiger charge is 2.39. The normalized spacial score (nSPS) is 22.6. The quantitative estimate of drug-likeness (QED) is 0.814. The van der Waals surface area contributed by atoms with E-state index in [1.807, 2.05) is 11.0 Å². The second-order valence-electron chi connectivity index (χ2n) is 6.82. The van der Waals surface area contributed by atoms with Crippen molar-refractivity contribution in [3.05, 3.63) is 28.8 Å². The highest BCUT2D eigenvalue weighted by Crippen LogP contribution is 2.33. The van der Waals surface area contributed by atoms with Gasteiger partial charge in [-0.15, -0.1) is 0 Å². The van der Waals surface area contributed by atoms with Gasteiger partial charge in [-0.3, -0.25) is 19.6 Å². The number of likely N-dealkylation sites (tertiary alicyclic amines) is 1. The van der Waals surface area contributed by atoms with Gasteiger partial charge < -0.3 is 4.90 Å². The maximum absolute atomic E-state index is 12.9. The molecule has 1 aromatic carbocycles. The van der Waals surface area contributed by atoms with Gasteiger partial charge in [0.2, 0.25) is 5.91 Å². The van der Waals surface area contributed by atoms with Crippen molar-refractivity contribution in [3.8, 4) is 0 Å². The fourth-order valence-corrected chi connectivity index (χ4v) is 4.04. The molecule has 0 saturated carbocycles. The van der Waals surface area contributed by atoms with Crippen LogP contribution in [0.25, 0.3) is 0 Å². The number of amides is 3. The van der Waals surface area contributed by atoms with Crippen LogP contribution < -0.4 is 4.90 Å². The Balaban J connectivity index is 1.66. The second-order valence-corrected chi connectivity index (χ2v) is 7.26. The van der Waals surface area contributed by atoms with Crippen LogP contribution in [0.4, 0.5) is 10.5 Å². The van der Waals surface area contributed by atoms with E-state index >= 15 is 0 Å². The first-order chi connectivity index (χ1) is 12.1. The van der Waals surface area contributed by atoms with Crippen molar-refractivity contribution in [2.45, 2.75) is 32.2 Å². The van der Waals surface area contributed by atoms with Gasteiger partial charge in [0.05, 0.1) is 12.2 Å². The van der Waals surface area contributed by atoms with Crippen molar-refractivity contribution < 1.29 is 9.59 Å². The first kappa shape index (κ1) is 16.4. The predicted molar refractivity (Wildman–Crippen MR) is 97.3 cm³/mol. The zero-order valence-corrected chi connectivity index (χ0v) is 15.0. The minimum atomic E-state index is -0.191. The average Bonchev–Trinajstić information content (AvgIpc) is 3.08. The van der Waals surface area contributed by atoms with Crippen LogP contribution in [0, 0.1) is 0 Å². The van der Waals surface area contributed by atoms with Gasteiger partial charge in [0.15, 0.2) is 0 Å². The lowest BCUT2D eigenvalue weighted by molar-refractivity contribution is -0.132. The summed E-state index contributed by atoms with van der Waals surface area (Å²) in [7, 11) is 0. The summed E-state index contributed by atoms with van der Waals surface area (Å²) in [6.07, 6.45) is 3.19. The number of amidine groups is 1. The molecular formula is C18H21ClN4O2. The molecule has 1 aromatic rings. The third-order valence-corrected chi connectivity index (χ3v) is 5.45. The minimum Gasteiger partial charge on any atom is -0.338 e. The van der Waals surface area contributed by atoms with Crippen LogP contribution in [0.3, 0.4) is 0 Å². The predicted octanol–water partition coefficient (Wildman–Crippen LogP) is 2.74. The summed E-state index contributed by atoms with van der Waals surface area (Å²) in [6.45, 7) is 4.03. The van der Waals surface area contributed by atoms with Gasteiger partial charge >= 0.3 is 6.03 Å². The lowest BCUT2D eigenvalue weighted by Gasteiger charge is -2.38. The fraction of sp³-hybridized carbons (Fsp3) is 0.500. The van der Waals surface area contributed by atoms with Crippen LogP contribution in [-0.2, 0) is 4.79 Å². The summed E-state index contributed by atoms with van der Waals surface area (Å²) in [6, 6.07) is 5.46. The zero-order chi connectivity index (χ0) is 17.6. The largest absolute Gasteiger partial charge is 0.338 e. The van der Waals surface area contributed by atoms with Gasteiger partial charge in [0.25, 0.3) is 0 Å². The van der Waals surface area contributed by atoms with Crippen LogP contribution in [0.2, 0.25) is 5.02 Å². The summed E-state index contributed by atoms with van der Waals surface area (Å²) in [5.74, 6) is 0.678. The number of aliphatic imine (C=N–C) groups is 1. The van der Waals surface area contributed by atoms with E-state index in [4.69, 9.17) is 11.6 Å². The number of benzene rings is 1. The van der Waals surface area contributed by atoms with E-state index in [1.165, 1.54) is 0 Å². The number of fused-ring (bicyclic) bond motifs is 3. The third-order valence-electron chi connectivity index (χ3n) is 5.21. The highest BCUT2D eigenvalue weighted by molar-refractivity contribution is 6.31. The lowest BCUT2D eigenvalue weighted by Crippen LogP contribution is -2.54.